The first kappa shape index (κ1) is 24.2. The Morgan fingerprint density at radius 2 is 1.78 bits per heavy atom. The molecule has 1 N–H and O–H groups in total. The number of hydrogen-bond acceptors (Lipinski definition) is 6. The van der Waals surface area contributed by atoms with Gasteiger partial charge in [0.15, 0.2) is 0 Å². The van der Waals surface area contributed by atoms with Crippen LogP contribution in [0, 0.1) is 5.92 Å². The molecule has 1 aliphatic heterocycles. The Balaban J connectivity index is 1.20. The van der Waals surface area contributed by atoms with Gasteiger partial charge in [-0.1, -0.05) is 23.4 Å². The van der Waals surface area contributed by atoms with E-state index < -0.39 is 17.7 Å². The summed E-state index contributed by atoms with van der Waals surface area (Å²) in [6, 6.07) is 14.8. The van der Waals surface area contributed by atoms with Crippen LogP contribution in [0.15, 0.2) is 77.6 Å². The molecular weight excluding hydrogens is 487 g/mol. The number of hydrogen-bond donors (Lipinski definition) is 1. The molecule has 188 valence electrons. The molecule has 2 aromatic carbocycles. The summed E-state index contributed by atoms with van der Waals surface area (Å²) in [5, 5.41) is 6.67. The quantitative estimate of drug-likeness (QED) is 0.402. The number of likely N-dealkylation sites (tertiary alicyclic amines) is 1. The fourth-order valence-corrected chi connectivity index (χ4v) is 4.02. The Morgan fingerprint density at radius 3 is 2.46 bits per heavy atom. The fourth-order valence-electron chi connectivity index (χ4n) is 4.02. The number of aromatic nitrogens is 3. The summed E-state index contributed by atoms with van der Waals surface area (Å²) in [6.45, 7) is 0.732. The summed E-state index contributed by atoms with van der Waals surface area (Å²) in [7, 11) is 0. The molecule has 37 heavy (non-hydrogen) atoms. The van der Waals surface area contributed by atoms with Gasteiger partial charge < -0.3 is 14.7 Å². The maximum Gasteiger partial charge on any atom is 0.416 e. The molecule has 0 spiro atoms. The van der Waals surface area contributed by atoms with Crippen molar-refractivity contribution in [2.45, 2.75) is 19.1 Å². The molecule has 1 atom stereocenters. The Labute approximate surface area is 209 Å². The highest BCUT2D eigenvalue weighted by Crippen LogP contribution is 2.31. The minimum absolute atomic E-state index is 0.0837. The van der Waals surface area contributed by atoms with Gasteiger partial charge in [-0.2, -0.15) is 18.2 Å². The van der Waals surface area contributed by atoms with Gasteiger partial charge in [0.05, 0.1) is 11.5 Å². The number of benzene rings is 2. The lowest BCUT2D eigenvalue weighted by molar-refractivity contribution is -0.137. The van der Waals surface area contributed by atoms with Crippen molar-refractivity contribution in [3.05, 3.63) is 84.2 Å². The van der Waals surface area contributed by atoms with E-state index in [1.807, 2.05) is 6.07 Å². The lowest BCUT2D eigenvalue weighted by atomic mass is 10.1. The van der Waals surface area contributed by atoms with Crippen molar-refractivity contribution in [3.8, 4) is 22.8 Å². The molecule has 11 heteroatoms. The topological polar surface area (TPSA) is 101 Å². The van der Waals surface area contributed by atoms with Gasteiger partial charge in [0.25, 0.3) is 5.89 Å². The zero-order chi connectivity index (χ0) is 26.0. The maximum atomic E-state index is 12.8. The Bertz CT molecular complexity index is 1400. The SMILES string of the molecule is O=C(Nc1ccc(-c2nc(-c3ccc(C(F)(F)F)cc3)no2)cc1)C1CC(=O)N(Cc2cccnc2)C1. The van der Waals surface area contributed by atoms with E-state index in [2.05, 4.69) is 20.4 Å². The van der Waals surface area contributed by atoms with E-state index in [-0.39, 0.29) is 30.0 Å². The van der Waals surface area contributed by atoms with Gasteiger partial charge in [-0.3, -0.25) is 14.6 Å². The number of amides is 2. The molecule has 1 saturated heterocycles. The van der Waals surface area contributed by atoms with Crippen molar-refractivity contribution in [1.29, 1.82) is 0 Å². The highest BCUT2D eigenvalue weighted by molar-refractivity contribution is 5.97. The standard InChI is InChI=1S/C26H20F3N5O3/c27-26(28,29)20-7-3-17(4-8-20)23-32-25(37-33-23)18-5-9-21(10-6-18)31-24(36)19-12-22(35)34(15-19)14-16-2-1-11-30-13-16/h1-11,13,19H,12,14-15H2,(H,31,36). The molecule has 8 nitrogen and oxygen atoms in total. The van der Waals surface area contributed by atoms with Gasteiger partial charge in [0.2, 0.25) is 17.6 Å². The number of carbonyl (C=O) groups excluding carboxylic acids is 2. The van der Waals surface area contributed by atoms with E-state index in [0.29, 0.717) is 29.9 Å². The fraction of sp³-hybridized carbons (Fsp3) is 0.192. The first-order chi connectivity index (χ1) is 17.8. The van der Waals surface area contributed by atoms with Crippen LogP contribution in [0.2, 0.25) is 0 Å². The first-order valence-electron chi connectivity index (χ1n) is 11.4. The van der Waals surface area contributed by atoms with Crippen molar-refractivity contribution in [1.82, 2.24) is 20.0 Å². The minimum Gasteiger partial charge on any atom is -0.337 e. The van der Waals surface area contributed by atoms with Gasteiger partial charge >= 0.3 is 6.18 Å². The van der Waals surface area contributed by atoms with Crippen molar-refractivity contribution in [2.24, 2.45) is 5.92 Å². The molecule has 0 bridgehead atoms. The predicted octanol–water partition coefficient (Wildman–Crippen LogP) is 4.80. The molecule has 1 unspecified atom stereocenters. The van der Waals surface area contributed by atoms with E-state index in [4.69, 9.17) is 4.52 Å². The Morgan fingerprint density at radius 1 is 1.05 bits per heavy atom. The first-order valence-corrected chi connectivity index (χ1v) is 11.4. The van der Waals surface area contributed by atoms with E-state index >= 15 is 0 Å². The van der Waals surface area contributed by atoms with Gasteiger partial charge in [0, 0.05) is 48.7 Å². The van der Waals surface area contributed by atoms with E-state index in [9.17, 15) is 22.8 Å². The van der Waals surface area contributed by atoms with Crippen LogP contribution in [0.25, 0.3) is 22.8 Å². The van der Waals surface area contributed by atoms with Crippen LogP contribution in [-0.2, 0) is 22.3 Å². The summed E-state index contributed by atoms with van der Waals surface area (Å²) >= 11 is 0. The van der Waals surface area contributed by atoms with Gasteiger partial charge in [0.1, 0.15) is 0 Å². The second-order valence-corrected chi connectivity index (χ2v) is 8.60. The highest BCUT2D eigenvalue weighted by Gasteiger charge is 2.34. The van der Waals surface area contributed by atoms with Gasteiger partial charge in [-0.05, 0) is 48.0 Å². The summed E-state index contributed by atoms with van der Waals surface area (Å²) < 4.78 is 43.6. The zero-order valence-corrected chi connectivity index (χ0v) is 19.3. The number of halogens is 3. The lowest BCUT2D eigenvalue weighted by Gasteiger charge is -2.16. The smallest absolute Gasteiger partial charge is 0.337 e. The maximum absolute atomic E-state index is 12.8. The zero-order valence-electron chi connectivity index (χ0n) is 19.3. The average Bonchev–Trinajstić information content (AvgIpc) is 3.52. The number of nitrogens with zero attached hydrogens (tertiary/aromatic N) is 4. The second-order valence-electron chi connectivity index (χ2n) is 8.60. The minimum atomic E-state index is -4.43. The number of pyridine rings is 1. The summed E-state index contributed by atoms with van der Waals surface area (Å²) in [5.74, 6) is -0.467. The normalized spacial score (nSPS) is 15.7. The van der Waals surface area contributed by atoms with Crippen LogP contribution < -0.4 is 5.32 Å². The molecule has 0 radical (unpaired) electrons. The third-order valence-corrected chi connectivity index (χ3v) is 5.98. The molecule has 2 aromatic heterocycles. The van der Waals surface area contributed by atoms with Crippen molar-refractivity contribution in [3.63, 3.8) is 0 Å². The van der Waals surface area contributed by atoms with Crippen LogP contribution in [0.5, 0.6) is 0 Å². The number of rotatable bonds is 6. The molecule has 4 aromatic rings. The van der Waals surface area contributed by atoms with E-state index in [0.717, 1.165) is 17.7 Å². The van der Waals surface area contributed by atoms with Crippen LogP contribution in [-0.4, -0.2) is 38.4 Å². The van der Waals surface area contributed by atoms with E-state index in [1.54, 1.807) is 47.6 Å². The highest BCUT2D eigenvalue weighted by atomic mass is 19.4. The molecule has 0 saturated carbocycles. The number of alkyl halides is 3. The third kappa shape index (κ3) is 5.50. The number of nitrogens with one attached hydrogen (secondary N) is 1. The van der Waals surface area contributed by atoms with E-state index in [1.165, 1.54) is 12.1 Å². The predicted molar refractivity (Wildman–Crippen MR) is 127 cm³/mol. The van der Waals surface area contributed by atoms with Crippen LogP contribution in [0.4, 0.5) is 18.9 Å². The summed E-state index contributed by atoms with van der Waals surface area (Å²) in [4.78, 5) is 35.1. The average molecular weight is 507 g/mol. The molecule has 3 heterocycles. The molecule has 0 aliphatic carbocycles. The third-order valence-electron chi connectivity index (χ3n) is 5.98. The van der Waals surface area contributed by atoms with Gasteiger partial charge in [-0.25, -0.2) is 0 Å². The molecule has 5 rings (SSSR count). The largest absolute Gasteiger partial charge is 0.416 e. The van der Waals surface area contributed by atoms with Crippen LogP contribution in [0.3, 0.4) is 0 Å². The molecular formula is C26H20F3N5O3. The Hall–Kier alpha value is -4.54. The lowest BCUT2D eigenvalue weighted by Crippen LogP contribution is -2.28. The van der Waals surface area contributed by atoms with Gasteiger partial charge in [-0.15, -0.1) is 0 Å². The summed E-state index contributed by atoms with van der Waals surface area (Å²) in [5.41, 5.74) is 1.63. The number of carbonyl (C=O) groups is 2. The second kappa shape index (κ2) is 9.84. The van der Waals surface area contributed by atoms with Crippen molar-refractivity contribution in [2.75, 3.05) is 11.9 Å². The van der Waals surface area contributed by atoms with Crippen molar-refractivity contribution >= 4 is 17.5 Å². The Kier molecular flexibility index (Phi) is 6.43. The van der Waals surface area contributed by atoms with Crippen molar-refractivity contribution < 1.29 is 27.3 Å². The monoisotopic (exact) mass is 507 g/mol. The summed E-state index contributed by atoms with van der Waals surface area (Å²) in [6.07, 6.45) is -0.935. The van der Waals surface area contributed by atoms with Crippen LogP contribution >= 0.6 is 0 Å². The number of anilines is 1. The molecule has 1 fully saturated rings. The van der Waals surface area contributed by atoms with Crippen LogP contribution in [0.1, 0.15) is 17.5 Å². The molecule has 2 amide bonds. The molecule has 1 aliphatic rings.